The number of carbonyl (C=O) groups excluding carboxylic acids is 1. The Morgan fingerprint density at radius 1 is 1.36 bits per heavy atom. The highest BCUT2D eigenvalue weighted by molar-refractivity contribution is 5.85. The summed E-state index contributed by atoms with van der Waals surface area (Å²) in [6.07, 6.45) is 6.30. The Bertz CT molecular complexity index is 170. The van der Waals surface area contributed by atoms with Gasteiger partial charge in [0.25, 0.3) is 0 Å². The van der Waals surface area contributed by atoms with Crippen LogP contribution in [-0.4, -0.2) is 25.2 Å². The average molecular weight is 222 g/mol. The third-order valence-electron chi connectivity index (χ3n) is 2.65. The third-order valence-corrected chi connectivity index (χ3v) is 2.65. The summed E-state index contributed by atoms with van der Waals surface area (Å²) in [4.78, 5) is 11.1. The standard InChI is InChI=1S/C10H19NO2.ClH/c1-8(10(12)13-2)11-9-6-4-3-5-7-9;/h8-9,11H,3-7H2,1-2H3;1H/t8-;/m0./s1. The van der Waals surface area contributed by atoms with Crippen LogP contribution in [0.4, 0.5) is 0 Å². The number of carbonyl (C=O) groups is 1. The van der Waals surface area contributed by atoms with Crippen LogP contribution in [0.1, 0.15) is 39.0 Å². The predicted octanol–water partition coefficient (Wildman–Crippen LogP) is 1.89. The van der Waals surface area contributed by atoms with Crippen LogP contribution in [-0.2, 0) is 9.53 Å². The molecule has 4 heteroatoms. The smallest absolute Gasteiger partial charge is 0.322 e. The van der Waals surface area contributed by atoms with Crippen molar-refractivity contribution >= 4 is 18.4 Å². The first-order valence-corrected chi connectivity index (χ1v) is 5.08. The maximum Gasteiger partial charge on any atom is 0.322 e. The van der Waals surface area contributed by atoms with Crippen molar-refractivity contribution in [3.8, 4) is 0 Å². The lowest BCUT2D eigenvalue weighted by Gasteiger charge is -2.25. The lowest BCUT2D eigenvalue weighted by Crippen LogP contribution is -2.42. The maximum absolute atomic E-state index is 11.1. The fourth-order valence-electron chi connectivity index (χ4n) is 1.87. The molecule has 0 bridgehead atoms. The van der Waals surface area contributed by atoms with Crippen molar-refractivity contribution in [1.29, 1.82) is 0 Å². The number of esters is 1. The van der Waals surface area contributed by atoms with Gasteiger partial charge in [0.1, 0.15) is 6.04 Å². The highest BCUT2D eigenvalue weighted by atomic mass is 35.5. The zero-order valence-corrected chi connectivity index (χ0v) is 9.73. The molecule has 1 aliphatic carbocycles. The van der Waals surface area contributed by atoms with Gasteiger partial charge in [-0.15, -0.1) is 12.4 Å². The quantitative estimate of drug-likeness (QED) is 0.740. The van der Waals surface area contributed by atoms with Gasteiger partial charge in [-0.3, -0.25) is 4.79 Å². The van der Waals surface area contributed by atoms with E-state index in [0.29, 0.717) is 6.04 Å². The summed E-state index contributed by atoms with van der Waals surface area (Å²) in [6.45, 7) is 1.86. The van der Waals surface area contributed by atoms with Crippen molar-refractivity contribution in [2.24, 2.45) is 0 Å². The lowest BCUT2D eigenvalue weighted by atomic mass is 9.95. The van der Waals surface area contributed by atoms with Gasteiger partial charge in [0.15, 0.2) is 0 Å². The van der Waals surface area contributed by atoms with Gasteiger partial charge in [-0.2, -0.15) is 0 Å². The number of ether oxygens (including phenoxy) is 1. The van der Waals surface area contributed by atoms with Gasteiger partial charge < -0.3 is 10.1 Å². The molecule has 0 saturated heterocycles. The van der Waals surface area contributed by atoms with E-state index in [-0.39, 0.29) is 24.4 Å². The van der Waals surface area contributed by atoms with Crippen LogP contribution >= 0.6 is 12.4 Å². The zero-order chi connectivity index (χ0) is 9.68. The molecule has 0 aliphatic heterocycles. The maximum atomic E-state index is 11.1. The molecule has 0 radical (unpaired) electrons. The number of methoxy groups -OCH3 is 1. The second kappa shape index (κ2) is 7.07. The molecule has 3 nitrogen and oxygen atoms in total. The zero-order valence-electron chi connectivity index (χ0n) is 8.91. The largest absolute Gasteiger partial charge is 0.468 e. The SMILES string of the molecule is COC(=O)[C@H](C)NC1CCCCC1.Cl. The van der Waals surface area contributed by atoms with Gasteiger partial charge in [-0.1, -0.05) is 19.3 Å². The molecule has 0 aromatic rings. The minimum atomic E-state index is -0.162. The number of rotatable bonds is 3. The number of halogens is 1. The fourth-order valence-corrected chi connectivity index (χ4v) is 1.87. The van der Waals surface area contributed by atoms with Crippen LogP contribution in [0.2, 0.25) is 0 Å². The molecule has 1 saturated carbocycles. The van der Waals surface area contributed by atoms with Gasteiger partial charge in [-0.25, -0.2) is 0 Å². The van der Waals surface area contributed by atoms with Crippen molar-refractivity contribution in [2.75, 3.05) is 7.11 Å². The van der Waals surface area contributed by atoms with Crippen LogP contribution in [0.3, 0.4) is 0 Å². The van der Waals surface area contributed by atoms with Crippen molar-refractivity contribution < 1.29 is 9.53 Å². The van der Waals surface area contributed by atoms with Gasteiger partial charge >= 0.3 is 5.97 Å². The average Bonchev–Trinajstić information content (AvgIpc) is 2.18. The molecule has 0 aromatic heterocycles. The van der Waals surface area contributed by atoms with Crippen molar-refractivity contribution in [3.05, 3.63) is 0 Å². The monoisotopic (exact) mass is 221 g/mol. The first kappa shape index (κ1) is 13.7. The summed E-state index contributed by atoms with van der Waals surface area (Å²) in [7, 11) is 1.43. The molecular formula is C10H20ClNO2. The molecule has 14 heavy (non-hydrogen) atoms. The van der Waals surface area contributed by atoms with Crippen LogP contribution < -0.4 is 5.32 Å². The topological polar surface area (TPSA) is 38.3 Å². The Hall–Kier alpha value is -0.280. The molecule has 0 unspecified atom stereocenters. The summed E-state index contributed by atoms with van der Waals surface area (Å²) < 4.78 is 4.65. The summed E-state index contributed by atoms with van der Waals surface area (Å²) >= 11 is 0. The molecule has 0 amide bonds. The Morgan fingerprint density at radius 2 is 1.93 bits per heavy atom. The summed E-state index contributed by atoms with van der Waals surface area (Å²) in [5.74, 6) is -0.162. The number of hydrogen-bond donors (Lipinski definition) is 1. The second-order valence-electron chi connectivity index (χ2n) is 3.75. The Balaban J connectivity index is 0.00000169. The second-order valence-corrected chi connectivity index (χ2v) is 3.75. The fraction of sp³-hybridized carbons (Fsp3) is 0.900. The van der Waals surface area contributed by atoms with Crippen LogP contribution in [0.5, 0.6) is 0 Å². The molecule has 1 fully saturated rings. The van der Waals surface area contributed by atoms with E-state index in [9.17, 15) is 4.79 Å². The molecule has 0 aromatic carbocycles. The third kappa shape index (κ3) is 4.29. The van der Waals surface area contributed by atoms with E-state index < -0.39 is 0 Å². The number of nitrogens with one attached hydrogen (secondary N) is 1. The Morgan fingerprint density at radius 3 is 2.43 bits per heavy atom. The Labute approximate surface area is 92.0 Å². The van der Waals surface area contributed by atoms with Crippen LogP contribution in [0.25, 0.3) is 0 Å². The predicted molar refractivity (Wildman–Crippen MR) is 58.7 cm³/mol. The van der Waals surface area contributed by atoms with Crippen LogP contribution in [0, 0.1) is 0 Å². The summed E-state index contributed by atoms with van der Waals surface area (Å²) in [5, 5.41) is 3.29. The number of hydrogen-bond acceptors (Lipinski definition) is 3. The molecular weight excluding hydrogens is 202 g/mol. The molecule has 1 atom stereocenters. The molecule has 0 spiro atoms. The summed E-state index contributed by atoms with van der Waals surface area (Å²) in [6, 6.07) is 0.357. The van der Waals surface area contributed by atoms with Gasteiger partial charge in [0, 0.05) is 6.04 Å². The summed E-state index contributed by atoms with van der Waals surface area (Å²) in [5.41, 5.74) is 0. The highest BCUT2D eigenvalue weighted by Crippen LogP contribution is 2.17. The Kier molecular flexibility index (Phi) is 6.93. The van der Waals surface area contributed by atoms with E-state index in [1.165, 1.54) is 39.2 Å². The van der Waals surface area contributed by atoms with E-state index >= 15 is 0 Å². The first-order chi connectivity index (χ1) is 6.24. The lowest BCUT2D eigenvalue weighted by molar-refractivity contribution is -0.142. The van der Waals surface area contributed by atoms with Gasteiger partial charge in [0.05, 0.1) is 7.11 Å². The molecule has 84 valence electrons. The van der Waals surface area contributed by atoms with Gasteiger partial charge in [-0.05, 0) is 19.8 Å². The van der Waals surface area contributed by atoms with Crippen molar-refractivity contribution in [2.45, 2.75) is 51.1 Å². The minimum absolute atomic E-state index is 0. The van der Waals surface area contributed by atoms with E-state index in [1.54, 1.807) is 0 Å². The van der Waals surface area contributed by atoms with E-state index in [4.69, 9.17) is 0 Å². The van der Waals surface area contributed by atoms with E-state index in [0.717, 1.165) is 0 Å². The molecule has 1 rings (SSSR count). The van der Waals surface area contributed by atoms with E-state index in [1.807, 2.05) is 6.92 Å². The minimum Gasteiger partial charge on any atom is -0.468 e. The molecule has 0 heterocycles. The van der Waals surface area contributed by atoms with Crippen molar-refractivity contribution in [3.63, 3.8) is 0 Å². The molecule has 1 N–H and O–H groups in total. The normalized spacial score (nSPS) is 19.6. The molecule has 1 aliphatic rings. The first-order valence-electron chi connectivity index (χ1n) is 5.08. The van der Waals surface area contributed by atoms with Crippen molar-refractivity contribution in [1.82, 2.24) is 5.32 Å². The van der Waals surface area contributed by atoms with Gasteiger partial charge in [0.2, 0.25) is 0 Å². The highest BCUT2D eigenvalue weighted by Gasteiger charge is 2.19. The van der Waals surface area contributed by atoms with E-state index in [2.05, 4.69) is 10.1 Å². The van der Waals surface area contributed by atoms with Crippen LogP contribution in [0.15, 0.2) is 0 Å².